The van der Waals surface area contributed by atoms with Gasteiger partial charge in [0.2, 0.25) is 0 Å². The molecule has 0 heterocycles. The van der Waals surface area contributed by atoms with E-state index in [4.69, 9.17) is 10.5 Å². The largest absolute Gasteiger partial charge is 0.470 e. The highest BCUT2D eigenvalue weighted by atomic mass is 32.1. The summed E-state index contributed by atoms with van der Waals surface area (Å²) in [6.45, 7) is 3.43. The van der Waals surface area contributed by atoms with Gasteiger partial charge in [0.15, 0.2) is 5.05 Å². The van der Waals surface area contributed by atoms with Crippen molar-refractivity contribution in [2.75, 3.05) is 0 Å². The van der Waals surface area contributed by atoms with E-state index < -0.39 is 0 Å². The number of hydrogen-bond acceptors (Lipinski definition) is 3. The molecule has 0 saturated carbocycles. The first-order chi connectivity index (χ1) is 3.13. The van der Waals surface area contributed by atoms with Crippen molar-refractivity contribution in [2.45, 2.75) is 20.1 Å². The molecule has 0 rings (SSSR count). The Balaban J connectivity index is 3.13. The normalized spacial score (nSPS) is 13.0. The maximum Gasteiger partial charge on any atom is 0.158 e. The van der Waals surface area contributed by atoms with Gasteiger partial charge in [-0.3, -0.25) is 5.73 Å². The van der Waals surface area contributed by atoms with Gasteiger partial charge in [0.1, 0.15) is 6.23 Å². The molecular formula is C4H9NOS. The van der Waals surface area contributed by atoms with Gasteiger partial charge in [-0.05, 0) is 19.1 Å². The molecule has 0 aromatic rings. The third-order valence-corrected chi connectivity index (χ3v) is 0.448. The molecule has 0 amide bonds. The fraction of sp³-hybridized carbons (Fsp3) is 0.750. The van der Waals surface area contributed by atoms with Crippen molar-refractivity contribution in [2.24, 2.45) is 5.73 Å². The fourth-order valence-corrected chi connectivity index (χ4v) is 0.414. The van der Waals surface area contributed by atoms with Crippen molar-refractivity contribution < 1.29 is 4.74 Å². The Labute approximate surface area is 48.6 Å². The van der Waals surface area contributed by atoms with Gasteiger partial charge >= 0.3 is 0 Å². The highest BCUT2D eigenvalue weighted by molar-refractivity contribution is 7.80. The molecule has 0 fully saturated rings. The van der Waals surface area contributed by atoms with Crippen LogP contribution in [0.1, 0.15) is 13.8 Å². The van der Waals surface area contributed by atoms with Gasteiger partial charge in [0.05, 0.1) is 0 Å². The highest BCUT2D eigenvalue weighted by Gasteiger charge is 1.90. The first-order valence-corrected chi connectivity index (χ1v) is 2.46. The maximum absolute atomic E-state index is 5.18. The topological polar surface area (TPSA) is 35.2 Å². The zero-order valence-electron chi connectivity index (χ0n) is 4.47. The van der Waals surface area contributed by atoms with Crippen molar-refractivity contribution >= 4 is 17.3 Å². The van der Waals surface area contributed by atoms with Crippen LogP contribution in [0.2, 0.25) is 0 Å². The van der Waals surface area contributed by atoms with Crippen LogP contribution < -0.4 is 5.73 Å². The van der Waals surface area contributed by atoms with Crippen LogP contribution in [-0.2, 0) is 4.74 Å². The summed E-state index contributed by atoms with van der Waals surface area (Å²) in [5.74, 6) is 0. The minimum atomic E-state index is -0.266. The van der Waals surface area contributed by atoms with Crippen LogP contribution >= 0.6 is 12.2 Å². The van der Waals surface area contributed by atoms with Crippen molar-refractivity contribution in [3.63, 3.8) is 0 Å². The molecule has 3 heteroatoms. The molecular weight excluding hydrogens is 110 g/mol. The third-order valence-electron chi connectivity index (χ3n) is 0.352. The minimum Gasteiger partial charge on any atom is -0.470 e. The molecule has 0 bridgehead atoms. The predicted molar refractivity (Wildman–Crippen MR) is 33.0 cm³/mol. The lowest BCUT2D eigenvalue weighted by molar-refractivity contribution is 0.221. The van der Waals surface area contributed by atoms with E-state index in [0.717, 1.165) is 0 Å². The van der Waals surface area contributed by atoms with Crippen LogP contribution in [0, 0.1) is 0 Å². The van der Waals surface area contributed by atoms with Gasteiger partial charge in [0.25, 0.3) is 0 Å². The Morgan fingerprint density at radius 1 is 1.86 bits per heavy atom. The monoisotopic (exact) mass is 119 g/mol. The van der Waals surface area contributed by atoms with E-state index in [1.54, 1.807) is 13.8 Å². The summed E-state index contributed by atoms with van der Waals surface area (Å²) in [5, 5.41) is 0.495. The lowest BCUT2D eigenvalue weighted by Crippen LogP contribution is -2.20. The minimum absolute atomic E-state index is 0.266. The van der Waals surface area contributed by atoms with Crippen LogP contribution in [0.15, 0.2) is 0 Å². The Morgan fingerprint density at radius 2 is 2.29 bits per heavy atom. The molecule has 2 N–H and O–H groups in total. The van der Waals surface area contributed by atoms with E-state index >= 15 is 0 Å². The number of nitrogens with two attached hydrogens (primary N) is 1. The average Bonchev–Trinajstić information content (AvgIpc) is 1.27. The van der Waals surface area contributed by atoms with Crippen LogP contribution in [0.5, 0.6) is 0 Å². The predicted octanol–water partition coefficient (Wildman–Crippen LogP) is 0.655. The van der Waals surface area contributed by atoms with Crippen LogP contribution in [0.4, 0.5) is 0 Å². The Morgan fingerprint density at radius 3 is 2.29 bits per heavy atom. The van der Waals surface area contributed by atoms with E-state index in [0.29, 0.717) is 5.05 Å². The molecule has 0 aliphatic rings. The number of ether oxygens (including phenoxy) is 1. The molecule has 0 spiro atoms. The van der Waals surface area contributed by atoms with Gasteiger partial charge in [-0.25, -0.2) is 0 Å². The number of thiocarbonyl (C=S) groups is 1. The third kappa shape index (κ3) is 5.85. The van der Waals surface area contributed by atoms with Crippen molar-refractivity contribution in [3.05, 3.63) is 0 Å². The van der Waals surface area contributed by atoms with E-state index in [1.807, 2.05) is 0 Å². The molecule has 1 atom stereocenters. The molecule has 0 radical (unpaired) electrons. The van der Waals surface area contributed by atoms with E-state index in [-0.39, 0.29) is 6.23 Å². The second kappa shape index (κ2) is 2.93. The molecule has 2 nitrogen and oxygen atoms in total. The summed E-state index contributed by atoms with van der Waals surface area (Å²) in [7, 11) is 0. The molecule has 0 saturated heterocycles. The molecule has 7 heavy (non-hydrogen) atoms. The Hall–Kier alpha value is -0.150. The summed E-state index contributed by atoms with van der Waals surface area (Å²) in [5.41, 5.74) is 5.18. The van der Waals surface area contributed by atoms with E-state index in [2.05, 4.69) is 12.2 Å². The first-order valence-electron chi connectivity index (χ1n) is 2.05. The molecule has 0 aliphatic heterocycles. The van der Waals surface area contributed by atoms with Crippen LogP contribution in [-0.4, -0.2) is 11.3 Å². The first kappa shape index (κ1) is 6.85. The summed E-state index contributed by atoms with van der Waals surface area (Å²) in [6, 6.07) is 0. The summed E-state index contributed by atoms with van der Waals surface area (Å²) < 4.78 is 4.76. The van der Waals surface area contributed by atoms with Gasteiger partial charge in [0, 0.05) is 6.92 Å². The highest BCUT2D eigenvalue weighted by Crippen LogP contribution is 1.82. The Bertz CT molecular complexity index is 72.1. The molecule has 0 aromatic carbocycles. The molecule has 0 aromatic heterocycles. The van der Waals surface area contributed by atoms with Crippen molar-refractivity contribution in [1.82, 2.24) is 0 Å². The standard InChI is InChI=1S/C4H9NOS/c1-3(5)6-4(2)7/h3H,5H2,1-2H3. The van der Waals surface area contributed by atoms with Gasteiger partial charge in [-0.15, -0.1) is 0 Å². The number of hydrogen-bond donors (Lipinski definition) is 1. The second-order valence-electron chi connectivity index (χ2n) is 1.31. The second-order valence-corrected chi connectivity index (χ2v) is 1.89. The van der Waals surface area contributed by atoms with Gasteiger partial charge in [-0.1, -0.05) is 0 Å². The lowest BCUT2D eigenvalue weighted by Gasteiger charge is -2.04. The molecule has 1 unspecified atom stereocenters. The summed E-state index contributed by atoms with van der Waals surface area (Å²) in [4.78, 5) is 0. The van der Waals surface area contributed by atoms with Gasteiger partial charge in [-0.2, -0.15) is 0 Å². The van der Waals surface area contributed by atoms with Crippen molar-refractivity contribution in [3.8, 4) is 0 Å². The van der Waals surface area contributed by atoms with E-state index in [1.165, 1.54) is 0 Å². The maximum atomic E-state index is 5.18. The van der Waals surface area contributed by atoms with Crippen LogP contribution in [0.3, 0.4) is 0 Å². The van der Waals surface area contributed by atoms with Crippen LogP contribution in [0.25, 0.3) is 0 Å². The molecule has 0 aliphatic carbocycles. The van der Waals surface area contributed by atoms with Crippen molar-refractivity contribution in [1.29, 1.82) is 0 Å². The SMILES string of the molecule is CC(=S)OC(C)N. The summed E-state index contributed by atoms with van der Waals surface area (Å²) in [6.07, 6.45) is -0.266. The zero-order valence-corrected chi connectivity index (χ0v) is 5.29. The molecule has 42 valence electrons. The summed E-state index contributed by atoms with van der Waals surface area (Å²) >= 11 is 4.57. The Kier molecular flexibility index (Phi) is 2.87. The van der Waals surface area contributed by atoms with E-state index in [9.17, 15) is 0 Å². The average molecular weight is 119 g/mol. The lowest BCUT2D eigenvalue weighted by atomic mass is 10.7. The smallest absolute Gasteiger partial charge is 0.158 e. The fourth-order valence-electron chi connectivity index (χ4n) is 0.262. The van der Waals surface area contributed by atoms with Gasteiger partial charge < -0.3 is 4.74 Å². The number of rotatable bonds is 1. The zero-order chi connectivity index (χ0) is 5.86. The quantitative estimate of drug-likeness (QED) is 0.406.